The summed E-state index contributed by atoms with van der Waals surface area (Å²) in [5.74, 6) is 0.0339. The van der Waals surface area contributed by atoms with Gasteiger partial charge in [-0.1, -0.05) is 18.2 Å². The van der Waals surface area contributed by atoms with Gasteiger partial charge in [-0.05, 0) is 38.0 Å². The summed E-state index contributed by atoms with van der Waals surface area (Å²) in [6.45, 7) is -1.99. The summed E-state index contributed by atoms with van der Waals surface area (Å²) in [6.07, 6.45) is 0.941. The van der Waals surface area contributed by atoms with Crippen molar-refractivity contribution in [3.63, 3.8) is 0 Å². The Hall–Kier alpha value is -1.52. The number of aliphatic hydroxyl groups is 1. The molecule has 0 amide bonds. The highest BCUT2D eigenvalue weighted by Gasteiger charge is 2.64. The van der Waals surface area contributed by atoms with Crippen LogP contribution in [0.2, 0.25) is 0 Å². The van der Waals surface area contributed by atoms with E-state index in [4.69, 9.17) is 19.1 Å². The summed E-state index contributed by atoms with van der Waals surface area (Å²) in [4.78, 5) is 1.52. The summed E-state index contributed by atoms with van der Waals surface area (Å²) in [7, 11) is -2.67. The molecule has 2 unspecified atom stereocenters. The first-order valence-corrected chi connectivity index (χ1v) is 7.55. The van der Waals surface area contributed by atoms with Crippen molar-refractivity contribution in [3.8, 4) is 11.5 Å². The Balaban J connectivity index is 1.73. The normalized spacial score (nSPS) is 50.2. The maximum absolute atomic E-state index is 10.8. The molecule has 1 N–H and O–H groups in total. The van der Waals surface area contributed by atoms with Gasteiger partial charge in [-0.2, -0.15) is 0 Å². The summed E-state index contributed by atoms with van der Waals surface area (Å²) in [5.41, 5.74) is 0.807. The van der Waals surface area contributed by atoms with Crippen molar-refractivity contribution in [1.29, 1.82) is 0 Å². The molecular weight excluding hydrogens is 278 g/mol. The number of hydrogen-bond acceptors (Lipinski definition) is 4. The Kier molecular flexibility index (Phi) is 1.45. The predicted octanol–water partition coefficient (Wildman–Crippen LogP) is 1.50. The minimum atomic E-state index is -2.67. The summed E-state index contributed by atoms with van der Waals surface area (Å²) < 4.78 is 65.8. The number of benzene rings is 1. The molecule has 0 radical (unpaired) electrons. The first-order valence-electron chi connectivity index (χ1n) is 11.1. The molecule has 0 aromatic heterocycles. The highest BCUT2D eigenvalue weighted by molar-refractivity contribution is 5.62. The molecule has 5 rings (SSSR count). The van der Waals surface area contributed by atoms with Crippen molar-refractivity contribution >= 4 is 0 Å². The van der Waals surface area contributed by atoms with E-state index in [1.165, 1.54) is 17.0 Å². The Bertz CT molecular complexity index is 910. The second-order valence-electron chi connectivity index (χ2n) is 6.59. The fourth-order valence-electron chi connectivity index (χ4n) is 4.99. The van der Waals surface area contributed by atoms with Gasteiger partial charge in [-0.15, -0.1) is 0 Å². The average Bonchev–Trinajstić information content (AvgIpc) is 2.91. The van der Waals surface area contributed by atoms with Gasteiger partial charge in [0, 0.05) is 27.1 Å². The van der Waals surface area contributed by atoms with Crippen molar-refractivity contribution in [3.05, 3.63) is 35.4 Å². The lowest BCUT2D eigenvalue weighted by Gasteiger charge is -2.56. The van der Waals surface area contributed by atoms with Crippen LogP contribution in [-0.2, 0) is 11.8 Å². The van der Waals surface area contributed by atoms with E-state index in [1.807, 2.05) is 0 Å². The molecule has 0 saturated carbocycles. The lowest BCUT2D eigenvalue weighted by Crippen LogP contribution is -2.64. The molecule has 2 heterocycles. The fraction of sp³-hybridized carbons (Fsp3) is 0.556. The van der Waals surface area contributed by atoms with Gasteiger partial charge in [0.05, 0.1) is 12.5 Å². The zero-order chi connectivity index (χ0) is 21.0. The van der Waals surface area contributed by atoms with Crippen LogP contribution in [-0.4, -0.2) is 48.8 Å². The second-order valence-corrected chi connectivity index (χ2v) is 6.59. The highest BCUT2D eigenvalue weighted by Crippen LogP contribution is 2.62. The maximum Gasteiger partial charge on any atom is 0.165 e. The van der Waals surface area contributed by atoms with Crippen LogP contribution >= 0.6 is 0 Å². The zero-order valence-corrected chi connectivity index (χ0v) is 11.9. The third kappa shape index (κ3) is 1.28. The zero-order valence-electron chi connectivity index (χ0n) is 18.9. The first kappa shape index (κ1) is 7.84. The van der Waals surface area contributed by atoms with Crippen LogP contribution in [0.4, 0.5) is 0 Å². The first-order chi connectivity index (χ1) is 13.3. The van der Waals surface area contributed by atoms with E-state index >= 15 is 0 Å². The number of nitrogens with zero attached hydrogens (tertiary/aromatic N) is 1. The molecule has 1 aromatic rings. The van der Waals surface area contributed by atoms with Gasteiger partial charge >= 0.3 is 0 Å². The third-order valence-corrected chi connectivity index (χ3v) is 5.83. The van der Waals surface area contributed by atoms with E-state index in [1.54, 1.807) is 12.1 Å². The molecule has 4 aliphatic rings. The minimum Gasteiger partial charge on any atom is -0.493 e. The number of methoxy groups -OCH3 is 1. The van der Waals surface area contributed by atoms with Gasteiger partial charge in [0.2, 0.25) is 0 Å². The van der Waals surface area contributed by atoms with Crippen molar-refractivity contribution in [2.24, 2.45) is 5.92 Å². The molecule has 5 atom stereocenters. The lowest BCUT2D eigenvalue weighted by molar-refractivity contribution is -0.0453. The van der Waals surface area contributed by atoms with E-state index in [0.29, 0.717) is 12.8 Å². The van der Waals surface area contributed by atoms with Gasteiger partial charge in [0.25, 0.3) is 0 Å². The van der Waals surface area contributed by atoms with Gasteiger partial charge in [-0.3, -0.25) is 0 Å². The molecule has 2 bridgehead atoms. The fourth-order valence-corrected chi connectivity index (χ4v) is 4.99. The van der Waals surface area contributed by atoms with Crippen molar-refractivity contribution in [2.45, 2.75) is 36.5 Å². The van der Waals surface area contributed by atoms with E-state index in [2.05, 4.69) is 0 Å². The van der Waals surface area contributed by atoms with Crippen LogP contribution in [0.3, 0.4) is 0 Å². The predicted molar refractivity (Wildman–Crippen MR) is 82.5 cm³/mol. The highest BCUT2D eigenvalue weighted by atomic mass is 16.5. The third-order valence-electron chi connectivity index (χ3n) is 5.83. The Labute approximate surface area is 140 Å². The molecule has 1 aromatic carbocycles. The van der Waals surface area contributed by atoms with Crippen LogP contribution in [0.1, 0.15) is 27.1 Å². The van der Waals surface area contributed by atoms with Gasteiger partial charge in [-0.25, -0.2) is 0 Å². The molecule has 4 heteroatoms. The van der Waals surface area contributed by atoms with Gasteiger partial charge in [0.1, 0.15) is 12.2 Å². The Morgan fingerprint density at radius 3 is 3.32 bits per heavy atom. The number of piperidine rings is 1. The summed E-state index contributed by atoms with van der Waals surface area (Å²) >= 11 is 0. The number of rotatable bonds is 1. The maximum atomic E-state index is 10.8. The van der Waals surface area contributed by atoms with Crippen LogP contribution in [0.15, 0.2) is 24.3 Å². The summed E-state index contributed by atoms with van der Waals surface area (Å²) in [6, 6.07) is 2.93. The van der Waals surface area contributed by atoms with Crippen LogP contribution in [0, 0.1) is 5.92 Å². The van der Waals surface area contributed by atoms with E-state index in [0.717, 1.165) is 11.1 Å². The van der Waals surface area contributed by atoms with Crippen LogP contribution < -0.4 is 9.47 Å². The monoisotopic (exact) mass is 306 g/mol. The topological polar surface area (TPSA) is 41.9 Å². The van der Waals surface area contributed by atoms with Crippen molar-refractivity contribution in [1.82, 2.24) is 4.90 Å². The molecule has 1 saturated heterocycles. The second kappa shape index (κ2) is 4.06. The largest absolute Gasteiger partial charge is 0.493 e. The SMILES string of the molecule is [2H]C([2H])([2H])Oc1ccc2c3c1OC1C([2H])(O)C=C[C@H]4[C@@H](C2)N(C([2H])([2H])[2H])CC[C@]314. The number of ether oxygens (including phenoxy) is 2. The standard InChI is InChI=1S/C18H21NO3/c1-19-8-7-18-11-4-5-13(20)17(18)22-16-14(21-2)6-3-10(15(16)18)9-12(11)19/h3-6,11-13,17,20H,7-9H2,1-2H3/t11-,12+,13?,17?,18-/m0/s1/i1D3,2D3,13D. The van der Waals surface area contributed by atoms with E-state index in [-0.39, 0.29) is 30.0 Å². The molecule has 2 aliphatic carbocycles. The summed E-state index contributed by atoms with van der Waals surface area (Å²) in [5, 5.41) is 10.8. The van der Waals surface area contributed by atoms with Crippen LogP contribution in [0.5, 0.6) is 11.5 Å². The molecule has 1 fully saturated rings. The molecule has 22 heavy (non-hydrogen) atoms. The Morgan fingerprint density at radius 2 is 2.45 bits per heavy atom. The van der Waals surface area contributed by atoms with Gasteiger partial charge < -0.3 is 19.5 Å². The molecular formula is C18H21NO3. The van der Waals surface area contributed by atoms with Crippen LogP contribution in [0.25, 0.3) is 0 Å². The van der Waals surface area contributed by atoms with E-state index < -0.39 is 31.6 Å². The quantitative estimate of drug-likeness (QED) is 0.799. The molecule has 116 valence electrons. The minimum absolute atomic E-state index is 0.0544. The van der Waals surface area contributed by atoms with E-state index in [9.17, 15) is 5.11 Å². The number of likely N-dealkylation sites (N-methyl/N-ethyl adjacent to an activating group) is 1. The lowest BCUT2D eigenvalue weighted by atomic mass is 9.53. The molecule has 2 aliphatic heterocycles. The molecule has 4 nitrogen and oxygen atoms in total. The Morgan fingerprint density at radius 1 is 1.50 bits per heavy atom. The average molecular weight is 306 g/mol. The van der Waals surface area contributed by atoms with Gasteiger partial charge in [0.15, 0.2) is 11.5 Å². The number of likely N-dealkylation sites (tertiary alicyclic amines) is 1. The number of hydrogen-bond donors (Lipinski definition) is 1. The van der Waals surface area contributed by atoms with Crippen molar-refractivity contribution < 1.29 is 24.2 Å². The van der Waals surface area contributed by atoms with Crippen molar-refractivity contribution in [2.75, 3.05) is 20.6 Å². The molecule has 1 spiro atoms. The smallest absolute Gasteiger partial charge is 0.165 e.